The van der Waals surface area contributed by atoms with Crippen molar-refractivity contribution in [2.45, 2.75) is 50.5 Å². The van der Waals surface area contributed by atoms with E-state index in [1.807, 2.05) is 24.4 Å². The molecule has 1 aliphatic heterocycles. The number of primary amides is 1. The second-order valence-corrected chi connectivity index (χ2v) is 14.3. The molecule has 0 aliphatic carbocycles. The van der Waals surface area contributed by atoms with Crippen LogP contribution in [0.5, 0.6) is 0 Å². The van der Waals surface area contributed by atoms with Crippen LogP contribution in [0.1, 0.15) is 35.8 Å². The van der Waals surface area contributed by atoms with Gasteiger partial charge in [-0.1, -0.05) is 31.6 Å². The number of thiazole rings is 1. The van der Waals surface area contributed by atoms with Gasteiger partial charge in [-0.15, -0.1) is 11.3 Å². The van der Waals surface area contributed by atoms with Crippen molar-refractivity contribution in [1.29, 1.82) is 0 Å². The highest BCUT2D eigenvalue weighted by Gasteiger charge is 2.30. The van der Waals surface area contributed by atoms with Gasteiger partial charge < -0.3 is 10.3 Å². The Hall–Kier alpha value is -1.99. The molecule has 3 aromatic heterocycles. The van der Waals surface area contributed by atoms with Gasteiger partial charge in [0, 0.05) is 32.1 Å². The number of nitrogens with two attached hydrogens (primary N) is 1. The largest absolute Gasteiger partial charge is 0.364 e. The van der Waals surface area contributed by atoms with Crippen LogP contribution in [0, 0.1) is 0 Å². The highest BCUT2D eigenvalue weighted by molar-refractivity contribution is 7.21. The number of hydrogen-bond donors (Lipinski definition) is 1. The first-order valence-corrected chi connectivity index (χ1v) is 13.4. The molecule has 0 spiro atoms. The first-order chi connectivity index (χ1) is 12.4. The van der Waals surface area contributed by atoms with Gasteiger partial charge in [0.25, 0.3) is 5.91 Å². The maximum Gasteiger partial charge on any atom is 0.265 e. The van der Waals surface area contributed by atoms with Crippen LogP contribution in [0.2, 0.25) is 25.2 Å². The van der Waals surface area contributed by atoms with Crippen molar-refractivity contribution in [3.05, 3.63) is 36.3 Å². The molecule has 0 aromatic carbocycles. The van der Waals surface area contributed by atoms with E-state index in [1.165, 1.54) is 18.5 Å². The van der Waals surface area contributed by atoms with Gasteiger partial charge in [0.1, 0.15) is 10.7 Å². The van der Waals surface area contributed by atoms with Crippen molar-refractivity contribution in [1.82, 2.24) is 14.5 Å². The number of rotatable bonds is 3. The van der Waals surface area contributed by atoms with Crippen LogP contribution in [0.4, 0.5) is 0 Å². The van der Waals surface area contributed by atoms with Crippen LogP contribution >= 0.6 is 11.3 Å². The van der Waals surface area contributed by atoms with Crippen LogP contribution in [0.15, 0.2) is 30.6 Å². The molecule has 136 valence electrons. The molecule has 5 nitrogen and oxygen atoms in total. The Morgan fingerprint density at radius 3 is 2.92 bits per heavy atom. The Labute approximate surface area is 158 Å². The first kappa shape index (κ1) is 17.4. The Bertz CT molecular complexity index is 947. The average Bonchev–Trinajstić information content (AvgIpc) is 3.11. The molecule has 1 unspecified atom stereocenters. The van der Waals surface area contributed by atoms with Gasteiger partial charge in [-0.3, -0.25) is 9.78 Å². The molecular weight excluding hydrogens is 360 g/mol. The van der Waals surface area contributed by atoms with E-state index in [0.717, 1.165) is 33.8 Å². The van der Waals surface area contributed by atoms with Crippen molar-refractivity contribution in [3.8, 4) is 10.6 Å². The molecule has 1 fully saturated rings. The summed E-state index contributed by atoms with van der Waals surface area (Å²) in [6, 6.07) is 8.81. The summed E-state index contributed by atoms with van der Waals surface area (Å²) in [5, 5.41) is 0.941. The molecule has 0 saturated carbocycles. The van der Waals surface area contributed by atoms with Crippen molar-refractivity contribution >= 4 is 35.7 Å². The fourth-order valence-electron chi connectivity index (χ4n) is 3.97. The second-order valence-electron chi connectivity index (χ2n) is 7.96. The molecule has 1 atom stereocenters. The topological polar surface area (TPSA) is 73.8 Å². The Balaban J connectivity index is 1.79. The van der Waals surface area contributed by atoms with Crippen LogP contribution in [-0.4, -0.2) is 28.5 Å². The normalized spacial score (nSPS) is 20.2. The fraction of sp³-hybridized carbons (Fsp3) is 0.421. The molecule has 1 amide bonds. The standard InChI is InChI=1S/C19H24N4OSSi/c1-26(2)9-4-6-14(7-10-26)23-15(17(20)24)11-16-18(23)22-19(25-16)13-5-3-8-21-12-13/h3,5,8,11-12,14H,4,6-7,9-10H2,1-2H3,(H2,20,24). The third kappa shape index (κ3) is 3.21. The van der Waals surface area contributed by atoms with Gasteiger partial charge in [0.15, 0.2) is 5.65 Å². The average molecular weight is 385 g/mol. The Kier molecular flexibility index (Phi) is 4.44. The number of nitrogens with zero attached hydrogens (tertiary/aromatic N) is 3. The molecule has 3 aromatic rings. The van der Waals surface area contributed by atoms with Gasteiger partial charge in [-0.25, -0.2) is 4.98 Å². The molecule has 1 aliphatic rings. The molecular formula is C19H24N4OSSi. The second kappa shape index (κ2) is 6.63. The SMILES string of the molecule is C[Si]1(C)CCCC(n2c(C(N)=O)cc3sc(-c4cccnc4)nc32)CC1. The summed E-state index contributed by atoms with van der Waals surface area (Å²) >= 11 is 1.60. The fourth-order valence-corrected chi connectivity index (χ4v) is 7.48. The van der Waals surface area contributed by atoms with E-state index in [2.05, 4.69) is 22.6 Å². The number of carbonyl (C=O) groups excluding carboxylic acids is 1. The minimum absolute atomic E-state index is 0.313. The van der Waals surface area contributed by atoms with E-state index in [-0.39, 0.29) is 5.91 Å². The Morgan fingerprint density at radius 1 is 1.35 bits per heavy atom. The summed E-state index contributed by atoms with van der Waals surface area (Å²) in [6.45, 7) is 4.94. The summed E-state index contributed by atoms with van der Waals surface area (Å²) in [4.78, 5) is 21.1. The smallest absolute Gasteiger partial charge is 0.265 e. The molecule has 4 heterocycles. The molecule has 0 bridgehead atoms. The lowest BCUT2D eigenvalue weighted by atomic mass is 10.1. The summed E-state index contributed by atoms with van der Waals surface area (Å²) in [7, 11) is -1.11. The van der Waals surface area contributed by atoms with Crippen molar-refractivity contribution in [3.63, 3.8) is 0 Å². The van der Waals surface area contributed by atoms with E-state index >= 15 is 0 Å². The maximum atomic E-state index is 12.1. The zero-order valence-corrected chi connectivity index (χ0v) is 17.1. The number of fused-ring (bicyclic) bond motifs is 1. The van der Waals surface area contributed by atoms with E-state index in [1.54, 1.807) is 17.5 Å². The summed E-state index contributed by atoms with van der Waals surface area (Å²) < 4.78 is 3.16. The van der Waals surface area contributed by atoms with Gasteiger partial charge in [-0.2, -0.15) is 0 Å². The minimum Gasteiger partial charge on any atom is -0.364 e. The van der Waals surface area contributed by atoms with Crippen LogP contribution in [0.3, 0.4) is 0 Å². The zero-order chi connectivity index (χ0) is 18.3. The van der Waals surface area contributed by atoms with Crippen molar-refractivity contribution < 1.29 is 4.79 Å². The quantitative estimate of drug-likeness (QED) is 0.666. The number of aromatic nitrogens is 3. The third-order valence-electron chi connectivity index (χ3n) is 5.46. The number of hydrogen-bond acceptors (Lipinski definition) is 4. The van der Waals surface area contributed by atoms with Crippen LogP contribution in [-0.2, 0) is 0 Å². The predicted octanol–water partition coefficient (Wildman–Crippen LogP) is 4.69. The van der Waals surface area contributed by atoms with E-state index in [0.29, 0.717) is 11.7 Å². The molecule has 7 heteroatoms. The van der Waals surface area contributed by atoms with Crippen molar-refractivity contribution in [2.75, 3.05) is 0 Å². The first-order valence-electron chi connectivity index (χ1n) is 9.17. The minimum atomic E-state index is -1.11. The monoisotopic (exact) mass is 384 g/mol. The van der Waals surface area contributed by atoms with Crippen molar-refractivity contribution in [2.24, 2.45) is 5.73 Å². The maximum absolute atomic E-state index is 12.1. The highest BCUT2D eigenvalue weighted by Crippen LogP contribution is 2.39. The van der Waals surface area contributed by atoms with Gasteiger partial charge in [-0.05, 0) is 31.0 Å². The molecule has 2 N–H and O–H groups in total. The van der Waals surface area contributed by atoms with Gasteiger partial charge in [0.2, 0.25) is 0 Å². The summed E-state index contributed by atoms with van der Waals surface area (Å²) in [5.74, 6) is -0.362. The Morgan fingerprint density at radius 2 is 2.19 bits per heavy atom. The van der Waals surface area contributed by atoms with Crippen LogP contribution < -0.4 is 5.73 Å². The van der Waals surface area contributed by atoms with Crippen LogP contribution in [0.25, 0.3) is 20.9 Å². The van der Waals surface area contributed by atoms with Gasteiger partial charge >= 0.3 is 0 Å². The zero-order valence-electron chi connectivity index (χ0n) is 15.2. The molecule has 26 heavy (non-hydrogen) atoms. The number of amides is 1. The third-order valence-corrected chi connectivity index (χ3v) is 9.85. The molecule has 1 saturated heterocycles. The summed E-state index contributed by atoms with van der Waals surface area (Å²) in [6.07, 6.45) is 7.03. The molecule has 4 rings (SSSR count). The lowest BCUT2D eigenvalue weighted by molar-refractivity contribution is 0.0989. The van der Waals surface area contributed by atoms with E-state index in [9.17, 15) is 4.79 Å². The van der Waals surface area contributed by atoms with E-state index in [4.69, 9.17) is 10.7 Å². The predicted molar refractivity (Wildman–Crippen MR) is 109 cm³/mol. The summed E-state index contributed by atoms with van der Waals surface area (Å²) in [5.41, 5.74) is 8.21. The van der Waals surface area contributed by atoms with Gasteiger partial charge in [0.05, 0.1) is 4.70 Å². The molecule has 0 radical (unpaired) electrons. The van der Waals surface area contributed by atoms with E-state index < -0.39 is 8.07 Å². The number of carbonyl (C=O) groups is 1. The lowest BCUT2D eigenvalue weighted by Crippen LogP contribution is -2.24. The lowest BCUT2D eigenvalue weighted by Gasteiger charge is -2.21. The number of pyridine rings is 1. The highest BCUT2D eigenvalue weighted by atomic mass is 32.1.